The number of hydrogen-bond donors (Lipinski definition) is 3. The lowest BCUT2D eigenvalue weighted by Gasteiger charge is -2.11. The Bertz CT molecular complexity index is 1700. The average molecular weight is 679 g/mol. The number of rotatable bonds is 8. The molecule has 3 N–H and O–H groups in total. The van der Waals surface area contributed by atoms with Gasteiger partial charge in [-0.2, -0.15) is 26.3 Å². The maximum atomic E-state index is 13.3. The number of hydrogen-bond acceptors (Lipinski definition) is 8. The van der Waals surface area contributed by atoms with Crippen molar-refractivity contribution in [2.24, 2.45) is 7.05 Å². The molecule has 4 rings (SSSR count). The molecule has 0 saturated heterocycles. The molecule has 11 nitrogen and oxygen atoms in total. The number of ether oxygens (including phenoxy) is 1. The highest BCUT2D eigenvalue weighted by Crippen LogP contribution is 2.40. The van der Waals surface area contributed by atoms with Crippen molar-refractivity contribution in [2.45, 2.75) is 25.4 Å². The van der Waals surface area contributed by atoms with E-state index in [9.17, 15) is 35.9 Å². The van der Waals surface area contributed by atoms with E-state index in [1.807, 2.05) is 50.5 Å². The Balaban J connectivity index is 0.000000440. The van der Waals surface area contributed by atoms with Crippen molar-refractivity contribution in [3.8, 4) is 5.75 Å². The molecule has 0 fully saturated rings. The second-order valence-electron chi connectivity index (χ2n) is 9.51. The average Bonchev–Trinajstić information content (AvgIpc) is 3.37. The lowest BCUT2D eigenvalue weighted by atomic mass is 10.1. The van der Waals surface area contributed by atoms with Crippen LogP contribution in [0.15, 0.2) is 53.6 Å². The third kappa shape index (κ3) is 10.4. The Morgan fingerprint density at radius 2 is 1.52 bits per heavy atom. The van der Waals surface area contributed by atoms with Crippen LogP contribution >= 0.6 is 11.3 Å². The van der Waals surface area contributed by atoms with Crippen LogP contribution in [0.2, 0.25) is 0 Å². The zero-order chi connectivity index (χ0) is 34.8. The molecule has 0 unspecified atom stereocenters. The number of aryl methyl sites for hydroxylation is 1. The minimum Gasteiger partial charge on any atom is -0.486 e. The summed E-state index contributed by atoms with van der Waals surface area (Å²) in [6, 6.07) is 11.4. The number of nitrogens with zero attached hydrogens (tertiary/aromatic N) is 3. The van der Waals surface area contributed by atoms with Gasteiger partial charge in [-0.15, -0.1) is 11.3 Å². The van der Waals surface area contributed by atoms with Gasteiger partial charge in [-0.1, -0.05) is 18.2 Å². The molecule has 46 heavy (non-hydrogen) atoms. The standard InChI is InChI=1S/C24H26N4O3S.2C2HF3O2/c1-27(2)14-6-11-26-23(29)22-20(31-15-16-9-12-25-13-10-16)19-21(32-22)17-7-4-5-8-18(17)28(3)24(19)30;2*3-2(4,5)1(6)7/h4-5,7-10,12-13H,6,11,14-15H2,1-3H3,(H,26,29);2*(H,6,7). The topological polar surface area (TPSA) is 151 Å². The number of carbonyl (C=O) groups excluding carboxylic acids is 1. The first kappa shape index (κ1) is 37.5. The molecule has 250 valence electrons. The van der Waals surface area contributed by atoms with Crippen LogP contribution in [-0.2, 0) is 23.2 Å². The lowest BCUT2D eigenvalue weighted by molar-refractivity contribution is -0.193. The Morgan fingerprint density at radius 1 is 0.978 bits per heavy atom. The third-order valence-corrected chi connectivity index (χ3v) is 6.99. The maximum Gasteiger partial charge on any atom is 0.490 e. The minimum absolute atomic E-state index is 0.175. The molecule has 1 amide bonds. The first-order valence-electron chi connectivity index (χ1n) is 12.9. The number of benzene rings is 1. The molecule has 0 spiro atoms. The van der Waals surface area contributed by atoms with E-state index in [0.29, 0.717) is 22.6 Å². The van der Waals surface area contributed by atoms with E-state index >= 15 is 0 Å². The first-order valence-corrected chi connectivity index (χ1v) is 13.8. The third-order valence-electron chi connectivity index (χ3n) is 5.78. The summed E-state index contributed by atoms with van der Waals surface area (Å²) in [4.78, 5) is 50.7. The number of aliphatic carboxylic acids is 2. The Kier molecular flexibility index (Phi) is 13.1. The summed E-state index contributed by atoms with van der Waals surface area (Å²) in [5.41, 5.74) is 1.56. The van der Waals surface area contributed by atoms with Gasteiger partial charge in [0.05, 0.1) is 10.2 Å². The van der Waals surface area contributed by atoms with Gasteiger partial charge in [0.15, 0.2) is 5.75 Å². The van der Waals surface area contributed by atoms with Crippen molar-refractivity contribution < 1.29 is 55.7 Å². The van der Waals surface area contributed by atoms with E-state index < -0.39 is 24.3 Å². The van der Waals surface area contributed by atoms with Crippen LogP contribution in [0.4, 0.5) is 26.3 Å². The summed E-state index contributed by atoms with van der Waals surface area (Å²) in [5.74, 6) is -5.39. The number of carboxylic acid groups (broad SMARTS) is 2. The first-order chi connectivity index (χ1) is 21.4. The van der Waals surface area contributed by atoms with E-state index in [-0.39, 0.29) is 18.1 Å². The zero-order valence-corrected chi connectivity index (χ0v) is 25.2. The molecule has 3 aromatic heterocycles. The fourth-order valence-electron chi connectivity index (χ4n) is 3.63. The molecule has 3 heterocycles. The molecule has 0 atom stereocenters. The van der Waals surface area contributed by atoms with Crippen molar-refractivity contribution in [2.75, 3.05) is 27.2 Å². The number of fused-ring (bicyclic) bond motifs is 3. The molecule has 0 saturated carbocycles. The summed E-state index contributed by atoms with van der Waals surface area (Å²) in [6.07, 6.45) is -5.95. The second kappa shape index (κ2) is 16.0. The molecule has 1 aromatic carbocycles. The molecule has 0 radical (unpaired) electrons. The highest BCUT2D eigenvalue weighted by atomic mass is 32.1. The van der Waals surface area contributed by atoms with Gasteiger partial charge in [-0.25, -0.2) is 9.59 Å². The lowest BCUT2D eigenvalue weighted by Crippen LogP contribution is -2.27. The number of thiophene rings is 1. The summed E-state index contributed by atoms with van der Waals surface area (Å²) in [6.45, 7) is 1.67. The van der Waals surface area contributed by atoms with Crippen LogP contribution in [0.3, 0.4) is 0 Å². The van der Waals surface area contributed by atoms with E-state index in [2.05, 4.69) is 15.2 Å². The highest BCUT2D eigenvalue weighted by molar-refractivity contribution is 7.22. The number of para-hydroxylation sites is 1. The van der Waals surface area contributed by atoms with Crippen molar-refractivity contribution in [3.05, 3.63) is 69.6 Å². The number of aromatic nitrogens is 2. The van der Waals surface area contributed by atoms with Crippen molar-refractivity contribution in [3.63, 3.8) is 0 Å². The van der Waals surface area contributed by atoms with Crippen molar-refractivity contribution in [1.29, 1.82) is 0 Å². The van der Waals surface area contributed by atoms with Crippen molar-refractivity contribution in [1.82, 2.24) is 19.8 Å². The highest BCUT2D eigenvalue weighted by Gasteiger charge is 2.38. The van der Waals surface area contributed by atoms with Gasteiger partial charge < -0.3 is 29.7 Å². The van der Waals surface area contributed by atoms with Crippen molar-refractivity contribution >= 4 is 50.2 Å². The van der Waals surface area contributed by atoms with Crippen LogP contribution in [0.5, 0.6) is 5.75 Å². The molecular formula is C28H28F6N4O7S. The number of halogens is 6. The Morgan fingerprint density at radius 3 is 2.04 bits per heavy atom. The minimum atomic E-state index is -5.08. The van der Waals surface area contributed by atoms with Crippen LogP contribution in [0.25, 0.3) is 21.0 Å². The molecule has 0 aliphatic carbocycles. The maximum absolute atomic E-state index is 13.3. The van der Waals surface area contributed by atoms with Crippen LogP contribution in [0.1, 0.15) is 21.7 Å². The number of alkyl halides is 6. The quantitative estimate of drug-likeness (QED) is 0.178. The largest absolute Gasteiger partial charge is 0.490 e. The molecule has 0 bridgehead atoms. The van der Waals surface area contributed by atoms with Gasteiger partial charge in [0.25, 0.3) is 11.5 Å². The normalized spacial score (nSPS) is 11.3. The smallest absolute Gasteiger partial charge is 0.486 e. The monoisotopic (exact) mass is 678 g/mol. The van der Waals surface area contributed by atoms with E-state index in [0.717, 1.165) is 34.1 Å². The molecule has 4 aromatic rings. The molecule has 0 aliphatic rings. The Hall–Kier alpha value is -4.71. The van der Waals surface area contributed by atoms with Gasteiger partial charge in [0.2, 0.25) is 0 Å². The van der Waals surface area contributed by atoms with Crippen LogP contribution in [-0.4, -0.2) is 82.0 Å². The van der Waals surface area contributed by atoms with Gasteiger partial charge >= 0.3 is 24.3 Å². The number of carbonyl (C=O) groups is 3. The molecule has 0 aliphatic heterocycles. The fraction of sp³-hybridized carbons (Fsp3) is 0.321. The zero-order valence-electron chi connectivity index (χ0n) is 24.4. The van der Waals surface area contributed by atoms with E-state index in [1.54, 1.807) is 24.0 Å². The van der Waals surface area contributed by atoms with E-state index in [1.165, 1.54) is 11.3 Å². The van der Waals surface area contributed by atoms with Crippen LogP contribution in [0, 0.1) is 0 Å². The summed E-state index contributed by atoms with van der Waals surface area (Å²) in [5, 5.41) is 18.6. The predicted molar refractivity (Wildman–Crippen MR) is 156 cm³/mol. The number of carboxylic acids is 2. The van der Waals surface area contributed by atoms with Gasteiger partial charge in [0, 0.05) is 31.4 Å². The summed E-state index contributed by atoms with van der Waals surface area (Å²) >= 11 is 1.31. The number of amides is 1. The Labute approximate surface area is 260 Å². The molecular weight excluding hydrogens is 650 g/mol. The SMILES string of the molecule is CN(C)CCCNC(=O)c1sc2c(c1OCc1ccncc1)c(=O)n(C)c1ccccc21.O=C(O)C(F)(F)F.O=C(O)C(F)(F)F. The predicted octanol–water partition coefficient (Wildman–Crippen LogP) is 4.68. The van der Waals surface area contributed by atoms with E-state index in [4.69, 9.17) is 24.5 Å². The van der Waals surface area contributed by atoms with Gasteiger partial charge in [0.1, 0.15) is 16.9 Å². The summed E-state index contributed by atoms with van der Waals surface area (Å²) in [7, 11) is 5.74. The van der Waals surface area contributed by atoms with Gasteiger partial charge in [-0.05, 0) is 50.8 Å². The second-order valence-corrected chi connectivity index (χ2v) is 10.5. The van der Waals surface area contributed by atoms with Crippen LogP contribution < -0.4 is 15.6 Å². The summed E-state index contributed by atoms with van der Waals surface area (Å²) < 4.78 is 72.0. The molecule has 18 heteroatoms. The fourth-order valence-corrected chi connectivity index (χ4v) is 4.82. The number of pyridine rings is 2. The number of nitrogens with one attached hydrogen (secondary N) is 1. The van der Waals surface area contributed by atoms with Gasteiger partial charge in [-0.3, -0.25) is 14.6 Å².